The zero-order valence-corrected chi connectivity index (χ0v) is 13.9. The number of hydrogen-bond donors (Lipinski definition) is 1. The van der Waals surface area contributed by atoms with Gasteiger partial charge in [0.25, 0.3) is 0 Å². The van der Waals surface area contributed by atoms with E-state index < -0.39 is 5.91 Å². The summed E-state index contributed by atoms with van der Waals surface area (Å²) in [6.07, 6.45) is 0.929. The van der Waals surface area contributed by atoms with Crippen LogP contribution in [0.25, 0.3) is 0 Å². The van der Waals surface area contributed by atoms with Crippen LogP contribution < -0.4 is 10.5 Å². The number of primary amides is 1. The van der Waals surface area contributed by atoms with Crippen molar-refractivity contribution in [3.8, 4) is 5.75 Å². The Hall–Kier alpha value is -2.04. The number of benzene rings is 2. The van der Waals surface area contributed by atoms with Crippen LogP contribution in [-0.4, -0.2) is 31.0 Å². The van der Waals surface area contributed by atoms with Crippen molar-refractivity contribution in [2.75, 3.05) is 20.2 Å². The van der Waals surface area contributed by atoms with Gasteiger partial charge in [0.05, 0.1) is 6.61 Å². The fourth-order valence-corrected chi connectivity index (χ4v) is 2.35. The topological polar surface area (TPSA) is 55.6 Å². The van der Waals surface area contributed by atoms with E-state index in [-0.39, 0.29) is 0 Å². The number of hydrogen-bond acceptors (Lipinski definition) is 3. The average molecular weight is 333 g/mol. The van der Waals surface area contributed by atoms with Gasteiger partial charge in [-0.05, 0) is 55.4 Å². The minimum absolute atomic E-state index is 0.399. The fourth-order valence-electron chi connectivity index (χ4n) is 2.22. The Kier molecular flexibility index (Phi) is 6.44. The number of carbonyl (C=O) groups excluding carboxylic acids is 1. The van der Waals surface area contributed by atoms with Gasteiger partial charge in [0.1, 0.15) is 5.75 Å². The van der Waals surface area contributed by atoms with E-state index in [0.29, 0.717) is 17.2 Å². The van der Waals surface area contributed by atoms with Gasteiger partial charge in [0.15, 0.2) is 0 Å². The summed E-state index contributed by atoms with van der Waals surface area (Å²) in [7, 11) is 2.06. The third kappa shape index (κ3) is 5.93. The van der Waals surface area contributed by atoms with Gasteiger partial charge in [0.2, 0.25) is 5.91 Å². The monoisotopic (exact) mass is 332 g/mol. The molecular weight excluding hydrogens is 312 g/mol. The smallest absolute Gasteiger partial charge is 0.248 e. The average Bonchev–Trinajstić information content (AvgIpc) is 2.54. The van der Waals surface area contributed by atoms with Crippen LogP contribution >= 0.6 is 11.6 Å². The first-order valence-electron chi connectivity index (χ1n) is 7.50. The molecule has 0 spiro atoms. The second-order valence-electron chi connectivity index (χ2n) is 5.45. The quantitative estimate of drug-likeness (QED) is 0.754. The third-order valence-electron chi connectivity index (χ3n) is 3.46. The van der Waals surface area contributed by atoms with Gasteiger partial charge in [-0.3, -0.25) is 4.79 Å². The highest BCUT2D eigenvalue weighted by molar-refractivity contribution is 6.30. The zero-order chi connectivity index (χ0) is 16.7. The van der Waals surface area contributed by atoms with Crippen LogP contribution in [0.2, 0.25) is 5.02 Å². The molecule has 0 saturated heterocycles. The lowest BCUT2D eigenvalue weighted by molar-refractivity contribution is 0.100. The Morgan fingerprint density at radius 3 is 2.39 bits per heavy atom. The molecule has 2 aromatic carbocycles. The molecule has 0 aliphatic heterocycles. The lowest BCUT2D eigenvalue weighted by Crippen LogP contribution is -2.21. The summed E-state index contributed by atoms with van der Waals surface area (Å²) in [6, 6.07) is 14.8. The molecule has 1 amide bonds. The highest BCUT2D eigenvalue weighted by Gasteiger charge is 2.03. The number of nitrogens with zero attached hydrogens (tertiary/aromatic N) is 1. The minimum atomic E-state index is -0.399. The first kappa shape index (κ1) is 17.3. The van der Waals surface area contributed by atoms with E-state index in [1.807, 2.05) is 36.4 Å². The second-order valence-corrected chi connectivity index (χ2v) is 5.89. The normalized spacial score (nSPS) is 10.7. The SMILES string of the molecule is CN(CCCOc1ccc(Cl)cc1)Cc1ccc(C(N)=O)cc1. The molecule has 0 aliphatic carbocycles. The fraction of sp³-hybridized carbons (Fsp3) is 0.278. The van der Waals surface area contributed by atoms with E-state index >= 15 is 0 Å². The molecular formula is C18H21ClN2O2. The van der Waals surface area contributed by atoms with Gasteiger partial charge in [0, 0.05) is 23.7 Å². The summed E-state index contributed by atoms with van der Waals surface area (Å²) in [5.74, 6) is 0.434. The summed E-state index contributed by atoms with van der Waals surface area (Å²) in [5.41, 5.74) is 6.92. The molecule has 0 radical (unpaired) electrons. The summed E-state index contributed by atoms with van der Waals surface area (Å²) in [6.45, 7) is 2.40. The van der Waals surface area contributed by atoms with Crippen LogP contribution in [0.5, 0.6) is 5.75 Å². The zero-order valence-electron chi connectivity index (χ0n) is 13.2. The molecule has 2 rings (SSSR count). The molecule has 4 nitrogen and oxygen atoms in total. The summed E-state index contributed by atoms with van der Waals surface area (Å²) < 4.78 is 5.67. The lowest BCUT2D eigenvalue weighted by atomic mass is 10.1. The van der Waals surface area contributed by atoms with Crippen LogP contribution in [0.4, 0.5) is 0 Å². The highest BCUT2D eigenvalue weighted by atomic mass is 35.5. The van der Waals surface area contributed by atoms with Crippen molar-refractivity contribution in [1.29, 1.82) is 0 Å². The van der Waals surface area contributed by atoms with Crippen molar-refractivity contribution >= 4 is 17.5 Å². The largest absolute Gasteiger partial charge is 0.494 e. The van der Waals surface area contributed by atoms with E-state index in [4.69, 9.17) is 22.1 Å². The van der Waals surface area contributed by atoms with Crippen LogP contribution in [0, 0.1) is 0 Å². The van der Waals surface area contributed by atoms with Crippen LogP contribution in [-0.2, 0) is 6.54 Å². The summed E-state index contributed by atoms with van der Waals surface area (Å²) >= 11 is 5.83. The van der Waals surface area contributed by atoms with E-state index in [2.05, 4.69) is 11.9 Å². The van der Waals surface area contributed by atoms with E-state index in [9.17, 15) is 4.79 Å². The number of rotatable bonds is 8. The minimum Gasteiger partial charge on any atom is -0.494 e. The van der Waals surface area contributed by atoms with Gasteiger partial charge in [-0.1, -0.05) is 23.7 Å². The third-order valence-corrected chi connectivity index (χ3v) is 3.71. The van der Waals surface area contributed by atoms with Gasteiger partial charge in [-0.25, -0.2) is 0 Å². The molecule has 0 heterocycles. The van der Waals surface area contributed by atoms with Crippen LogP contribution in [0.1, 0.15) is 22.3 Å². The Balaban J connectivity index is 1.69. The molecule has 0 saturated carbocycles. The Labute approximate surface area is 141 Å². The molecule has 0 bridgehead atoms. The predicted molar refractivity (Wildman–Crippen MR) is 92.9 cm³/mol. The molecule has 2 aromatic rings. The second kappa shape index (κ2) is 8.56. The molecule has 122 valence electrons. The molecule has 0 aliphatic rings. The van der Waals surface area contributed by atoms with Crippen molar-refractivity contribution in [1.82, 2.24) is 4.90 Å². The maximum absolute atomic E-state index is 11.0. The standard InChI is InChI=1S/C18H21ClN2O2/c1-21(13-14-3-5-15(6-4-14)18(20)22)11-2-12-23-17-9-7-16(19)8-10-17/h3-10H,2,11-13H2,1H3,(H2,20,22). The maximum atomic E-state index is 11.0. The molecule has 2 N–H and O–H groups in total. The van der Waals surface area contributed by atoms with Crippen molar-refractivity contribution < 1.29 is 9.53 Å². The molecule has 23 heavy (non-hydrogen) atoms. The van der Waals surface area contributed by atoms with E-state index in [0.717, 1.165) is 30.8 Å². The van der Waals surface area contributed by atoms with Gasteiger partial charge in [-0.15, -0.1) is 0 Å². The Morgan fingerprint density at radius 1 is 1.13 bits per heavy atom. The predicted octanol–water partition coefficient (Wildman–Crippen LogP) is 3.34. The van der Waals surface area contributed by atoms with Crippen molar-refractivity contribution in [2.24, 2.45) is 5.73 Å². The van der Waals surface area contributed by atoms with Gasteiger partial charge < -0.3 is 15.4 Å². The van der Waals surface area contributed by atoms with Gasteiger partial charge >= 0.3 is 0 Å². The van der Waals surface area contributed by atoms with Crippen molar-refractivity contribution in [3.63, 3.8) is 0 Å². The maximum Gasteiger partial charge on any atom is 0.248 e. The first-order chi connectivity index (χ1) is 11.0. The van der Waals surface area contributed by atoms with Gasteiger partial charge in [-0.2, -0.15) is 0 Å². The molecule has 5 heteroatoms. The Bertz CT molecular complexity index is 626. The highest BCUT2D eigenvalue weighted by Crippen LogP contribution is 2.15. The lowest BCUT2D eigenvalue weighted by Gasteiger charge is -2.17. The number of halogens is 1. The first-order valence-corrected chi connectivity index (χ1v) is 7.88. The van der Waals surface area contributed by atoms with E-state index in [1.165, 1.54) is 0 Å². The van der Waals surface area contributed by atoms with Crippen molar-refractivity contribution in [3.05, 3.63) is 64.7 Å². The van der Waals surface area contributed by atoms with Crippen LogP contribution in [0.15, 0.2) is 48.5 Å². The molecule has 0 unspecified atom stereocenters. The summed E-state index contributed by atoms with van der Waals surface area (Å²) in [4.78, 5) is 13.2. The van der Waals surface area contributed by atoms with E-state index in [1.54, 1.807) is 12.1 Å². The van der Waals surface area contributed by atoms with Crippen molar-refractivity contribution in [2.45, 2.75) is 13.0 Å². The summed E-state index contributed by atoms with van der Waals surface area (Å²) in [5, 5.41) is 0.708. The number of carbonyl (C=O) groups is 1. The molecule has 0 fully saturated rings. The number of nitrogens with two attached hydrogens (primary N) is 1. The molecule has 0 atom stereocenters. The number of amides is 1. The van der Waals surface area contributed by atoms with Crippen LogP contribution in [0.3, 0.4) is 0 Å². The molecule has 0 aromatic heterocycles. The number of ether oxygens (including phenoxy) is 1. The Morgan fingerprint density at radius 2 is 1.78 bits per heavy atom.